The molecule has 1 unspecified atom stereocenters. The summed E-state index contributed by atoms with van der Waals surface area (Å²) in [6.45, 7) is 12.2. The van der Waals surface area contributed by atoms with E-state index in [4.69, 9.17) is 0 Å². The highest BCUT2D eigenvalue weighted by atomic mass is 32.1. The number of phenols is 1. The van der Waals surface area contributed by atoms with Gasteiger partial charge in [-0.2, -0.15) is 5.26 Å². The Bertz CT molecular complexity index is 1140. The molecule has 0 fully saturated rings. The van der Waals surface area contributed by atoms with E-state index in [1.165, 1.54) is 11.3 Å². The number of carbonyl (C=O) groups is 1. The molecule has 0 bridgehead atoms. The van der Waals surface area contributed by atoms with Gasteiger partial charge >= 0.3 is 0 Å². The van der Waals surface area contributed by atoms with Crippen molar-refractivity contribution in [3.8, 4) is 23.1 Å². The van der Waals surface area contributed by atoms with Gasteiger partial charge < -0.3 is 10.4 Å². The molecule has 1 amide bonds. The molecule has 3 aromatic rings. The van der Waals surface area contributed by atoms with Crippen LogP contribution in [0.5, 0.6) is 5.75 Å². The van der Waals surface area contributed by atoms with Crippen molar-refractivity contribution in [2.24, 2.45) is 5.92 Å². The van der Waals surface area contributed by atoms with Crippen molar-refractivity contribution in [2.75, 3.05) is 5.32 Å². The van der Waals surface area contributed by atoms with Gasteiger partial charge in [0.25, 0.3) is 0 Å². The van der Waals surface area contributed by atoms with Crippen molar-refractivity contribution in [2.45, 2.75) is 58.8 Å². The first-order valence-electron chi connectivity index (χ1n) is 11.0. The van der Waals surface area contributed by atoms with Crippen LogP contribution in [0.25, 0.3) is 11.3 Å². The molecule has 33 heavy (non-hydrogen) atoms. The molecule has 1 aromatic heterocycles. The molecule has 0 aliphatic rings. The van der Waals surface area contributed by atoms with E-state index in [0.29, 0.717) is 5.13 Å². The lowest BCUT2D eigenvalue weighted by atomic mass is 9.77. The summed E-state index contributed by atoms with van der Waals surface area (Å²) in [6.07, 6.45) is 0.256. The second-order valence-electron chi connectivity index (χ2n) is 10.3. The second-order valence-corrected chi connectivity index (χ2v) is 11.2. The zero-order chi connectivity index (χ0) is 24.4. The number of nitriles is 1. The number of anilines is 1. The van der Waals surface area contributed by atoms with Gasteiger partial charge in [0.1, 0.15) is 11.7 Å². The van der Waals surface area contributed by atoms with Crippen LogP contribution in [0.1, 0.15) is 58.2 Å². The number of aromatic hydroxyl groups is 1. The lowest BCUT2D eigenvalue weighted by Crippen LogP contribution is -2.24. The lowest BCUT2D eigenvalue weighted by molar-refractivity contribution is -0.118. The van der Waals surface area contributed by atoms with Crippen LogP contribution in [0.3, 0.4) is 0 Å². The number of aromatic nitrogens is 1. The number of benzene rings is 2. The first-order chi connectivity index (χ1) is 15.4. The summed E-state index contributed by atoms with van der Waals surface area (Å²) in [5.74, 6) is -0.971. The predicted molar refractivity (Wildman–Crippen MR) is 134 cm³/mol. The molecule has 172 valence electrons. The van der Waals surface area contributed by atoms with E-state index in [2.05, 4.69) is 16.4 Å². The van der Waals surface area contributed by atoms with E-state index in [-0.39, 0.29) is 28.9 Å². The van der Waals surface area contributed by atoms with Crippen LogP contribution in [0.15, 0.2) is 47.8 Å². The van der Waals surface area contributed by atoms with E-state index in [1.54, 1.807) is 0 Å². The Balaban J connectivity index is 1.84. The minimum absolute atomic E-state index is 0.256. The topological polar surface area (TPSA) is 86.0 Å². The van der Waals surface area contributed by atoms with Gasteiger partial charge in [0.2, 0.25) is 5.91 Å². The summed E-state index contributed by atoms with van der Waals surface area (Å²) in [5, 5.41) is 25.8. The van der Waals surface area contributed by atoms with Crippen LogP contribution in [0.2, 0.25) is 0 Å². The van der Waals surface area contributed by atoms with Crippen molar-refractivity contribution in [3.63, 3.8) is 0 Å². The zero-order valence-corrected chi connectivity index (χ0v) is 20.9. The van der Waals surface area contributed by atoms with Crippen LogP contribution in [0.4, 0.5) is 5.13 Å². The Morgan fingerprint density at radius 2 is 1.67 bits per heavy atom. The normalized spacial score (nSPS) is 12.8. The average Bonchev–Trinajstić information content (AvgIpc) is 3.20. The van der Waals surface area contributed by atoms with Gasteiger partial charge in [0, 0.05) is 10.9 Å². The predicted octanol–water partition coefficient (Wildman–Crippen LogP) is 6.43. The lowest BCUT2D eigenvalue weighted by Gasteiger charge is -2.28. The quantitative estimate of drug-likeness (QED) is 0.458. The maximum atomic E-state index is 12.9. The molecule has 6 heteroatoms. The molecule has 0 saturated heterocycles. The number of nitrogens with one attached hydrogen (secondary N) is 1. The van der Waals surface area contributed by atoms with Gasteiger partial charge in [-0.1, -0.05) is 84.0 Å². The van der Waals surface area contributed by atoms with Crippen molar-refractivity contribution in [1.29, 1.82) is 5.26 Å². The summed E-state index contributed by atoms with van der Waals surface area (Å²) >= 11 is 1.33. The molecule has 2 aromatic carbocycles. The van der Waals surface area contributed by atoms with Gasteiger partial charge in [0.15, 0.2) is 5.13 Å². The van der Waals surface area contributed by atoms with Crippen LogP contribution in [0, 0.1) is 17.2 Å². The van der Waals surface area contributed by atoms with Gasteiger partial charge in [-0.05, 0) is 33.9 Å². The maximum absolute atomic E-state index is 12.9. The Labute approximate surface area is 200 Å². The van der Waals surface area contributed by atoms with Crippen molar-refractivity contribution in [1.82, 2.24) is 4.98 Å². The molecular formula is C27H31N3O2S. The first kappa shape index (κ1) is 24.5. The molecule has 0 spiro atoms. The molecule has 2 N–H and O–H groups in total. The molecule has 1 atom stereocenters. The number of hydrogen-bond donors (Lipinski definition) is 2. The molecule has 3 rings (SSSR count). The van der Waals surface area contributed by atoms with E-state index in [9.17, 15) is 15.2 Å². The summed E-state index contributed by atoms with van der Waals surface area (Å²) < 4.78 is 0. The zero-order valence-electron chi connectivity index (χ0n) is 20.1. The fourth-order valence-electron chi connectivity index (χ4n) is 3.65. The van der Waals surface area contributed by atoms with E-state index in [0.717, 1.165) is 27.9 Å². The van der Waals surface area contributed by atoms with Crippen LogP contribution in [-0.2, 0) is 22.0 Å². The number of amides is 1. The molecule has 0 aliphatic heterocycles. The molecule has 0 aliphatic carbocycles. The third kappa shape index (κ3) is 5.80. The SMILES string of the molecule is CC(C)(C)c1cc(CC(C#N)C(=O)Nc2nc(-c3ccccc3)cs2)cc(C(C)(C)C)c1O. The van der Waals surface area contributed by atoms with Gasteiger partial charge in [-0.3, -0.25) is 4.79 Å². The summed E-state index contributed by atoms with van der Waals surface area (Å²) in [7, 11) is 0. The number of carbonyl (C=O) groups excluding carboxylic acids is 1. The van der Waals surface area contributed by atoms with E-state index in [1.807, 2.05) is 89.4 Å². The van der Waals surface area contributed by atoms with Gasteiger partial charge in [-0.15, -0.1) is 11.3 Å². The summed E-state index contributed by atoms with van der Waals surface area (Å²) in [6, 6.07) is 15.7. The number of nitrogens with zero attached hydrogens (tertiary/aromatic N) is 2. The van der Waals surface area contributed by atoms with E-state index < -0.39 is 5.92 Å². The van der Waals surface area contributed by atoms with E-state index >= 15 is 0 Å². The Hall–Kier alpha value is -3.17. The van der Waals surface area contributed by atoms with Crippen molar-refractivity contribution in [3.05, 3.63) is 64.5 Å². The monoisotopic (exact) mass is 461 g/mol. The molecule has 0 saturated carbocycles. The minimum atomic E-state index is -0.876. The highest BCUT2D eigenvalue weighted by molar-refractivity contribution is 7.14. The van der Waals surface area contributed by atoms with Crippen molar-refractivity contribution < 1.29 is 9.90 Å². The highest BCUT2D eigenvalue weighted by Crippen LogP contribution is 2.40. The molecular weight excluding hydrogens is 430 g/mol. The smallest absolute Gasteiger partial charge is 0.243 e. The fourth-order valence-corrected chi connectivity index (χ4v) is 4.38. The fraction of sp³-hybridized carbons (Fsp3) is 0.370. The molecule has 0 radical (unpaired) electrons. The van der Waals surface area contributed by atoms with Crippen LogP contribution in [-0.4, -0.2) is 16.0 Å². The number of phenolic OH excluding ortho intramolecular Hbond substituents is 1. The largest absolute Gasteiger partial charge is 0.507 e. The third-order valence-corrected chi connectivity index (χ3v) is 6.26. The second kappa shape index (κ2) is 9.36. The maximum Gasteiger partial charge on any atom is 0.243 e. The van der Waals surface area contributed by atoms with Gasteiger partial charge in [0.05, 0.1) is 11.8 Å². The average molecular weight is 462 g/mol. The van der Waals surface area contributed by atoms with Gasteiger partial charge in [-0.25, -0.2) is 4.98 Å². The van der Waals surface area contributed by atoms with Crippen LogP contribution >= 0.6 is 11.3 Å². The number of hydrogen-bond acceptors (Lipinski definition) is 5. The van der Waals surface area contributed by atoms with Crippen LogP contribution < -0.4 is 5.32 Å². The molecule has 1 heterocycles. The Morgan fingerprint density at radius 1 is 1.09 bits per heavy atom. The third-order valence-electron chi connectivity index (χ3n) is 5.50. The number of rotatable bonds is 5. The summed E-state index contributed by atoms with van der Waals surface area (Å²) in [5.41, 5.74) is 3.68. The Kier molecular flexibility index (Phi) is 6.94. The Morgan fingerprint density at radius 3 is 2.18 bits per heavy atom. The highest BCUT2D eigenvalue weighted by Gasteiger charge is 2.28. The number of thiazole rings is 1. The summed E-state index contributed by atoms with van der Waals surface area (Å²) in [4.78, 5) is 17.4. The molecule has 5 nitrogen and oxygen atoms in total. The standard InChI is InChI=1S/C27H31N3O2S/c1-26(2,3)20-13-17(14-21(23(20)31)27(4,5)6)12-19(15-28)24(32)30-25-29-22(16-33-25)18-10-8-7-9-11-18/h7-11,13-14,16,19,31H,12H2,1-6H3,(H,29,30,32). The first-order valence-corrected chi connectivity index (χ1v) is 11.9. The van der Waals surface area contributed by atoms with Crippen molar-refractivity contribution >= 4 is 22.4 Å². The minimum Gasteiger partial charge on any atom is -0.507 e.